The highest BCUT2D eigenvalue weighted by atomic mass is 16.6. The fourth-order valence-corrected chi connectivity index (χ4v) is 2.51. The fourth-order valence-electron chi connectivity index (χ4n) is 2.51. The number of aliphatic hydroxyl groups is 2. The third-order valence-corrected chi connectivity index (χ3v) is 3.49. The lowest BCUT2D eigenvalue weighted by atomic mass is 10.1. The van der Waals surface area contributed by atoms with Crippen molar-refractivity contribution in [3.63, 3.8) is 0 Å². The van der Waals surface area contributed by atoms with E-state index in [1.54, 1.807) is 6.20 Å². The second-order valence-corrected chi connectivity index (χ2v) is 4.98. The minimum atomic E-state index is -1.04. The van der Waals surface area contributed by atoms with Gasteiger partial charge in [-0.1, -0.05) is 6.07 Å². The summed E-state index contributed by atoms with van der Waals surface area (Å²) in [4.78, 5) is 4.32. The Labute approximate surface area is 108 Å². The highest BCUT2D eigenvalue weighted by Crippen LogP contribution is 2.36. The zero-order valence-electron chi connectivity index (χ0n) is 10.8. The van der Waals surface area contributed by atoms with Gasteiger partial charge in [0.25, 0.3) is 0 Å². The summed E-state index contributed by atoms with van der Waals surface area (Å²) in [5.74, 6) is -1.04. The molecule has 1 fully saturated rings. The van der Waals surface area contributed by atoms with Crippen LogP contribution in [0.15, 0.2) is 18.3 Å². The summed E-state index contributed by atoms with van der Waals surface area (Å²) in [6, 6.07) is 3.84. The van der Waals surface area contributed by atoms with Gasteiger partial charge in [-0.25, -0.2) is 0 Å². The summed E-state index contributed by atoms with van der Waals surface area (Å²) in [5, 5.41) is 19.5. The maximum absolute atomic E-state index is 10.3. The Bertz CT molecular complexity index is 388. The van der Waals surface area contributed by atoms with Crippen LogP contribution in [0.3, 0.4) is 0 Å². The van der Waals surface area contributed by atoms with Gasteiger partial charge in [0.1, 0.15) is 6.10 Å². The first-order valence-electron chi connectivity index (χ1n) is 6.57. The van der Waals surface area contributed by atoms with Gasteiger partial charge in [-0.15, -0.1) is 0 Å². The summed E-state index contributed by atoms with van der Waals surface area (Å²) < 4.78 is 5.84. The Morgan fingerprint density at radius 3 is 2.78 bits per heavy atom. The van der Waals surface area contributed by atoms with Crippen LogP contribution >= 0.6 is 0 Å². The van der Waals surface area contributed by atoms with Crippen LogP contribution < -0.4 is 0 Å². The van der Waals surface area contributed by atoms with E-state index in [4.69, 9.17) is 9.84 Å². The van der Waals surface area contributed by atoms with Crippen molar-refractivity contribution in [2.75, 3.05) is 6.61 Å². The Balaban J connectivity index is 2.15. The zero-order valence-corrected chi connectivity index (χ0v) is 10.8. The molecule has 1 unspecified atom stereocenters. The normalized spacial score (nSPS) is 19.9. The molecule has 18 heavy (non-hydrogen) atoms. The van der Waals surface area contributed by atoms with Crippen LogP contribution in [0.25, 0.3) is 0 Å². The molecule has 4 nitrogen and oxygen atoms in total. The summed E-state index contributed by atoms with van der Waals surface area (Å²) in [6.07, 6.45) is 5.16. The number of aromatic nitrogens is 1. The molecule has 0 radical (unpaired) electrons. The van der Waals surface area contributed by atoms with Gasteiger partial charge >= 0.3 is 0 Å². The van der Waals surface area contributed by atoms with E-state index >= 15 is 0 Å². The van der Waals surface area contributed by atoms with Crippen molar-refractivity contribution in [1.82, 2.24) is 4.98 Å². The second-order valence-electron chi connectivity index (χ2n) is 4.98. The van der Waals surface area contributed by atoms with Gasteiger partial charge in [-0.2, -0.15) is 0 Å². The van der Waals surface area contributed by atoms with Crippen molar-refractivity contribution < 1.29 is 14.9 Å². The molecule has 1 aliphatic carbocycles. The van der Waals surface area contributed by atoms with Crippen molar-refractivity contribution in [2.45, 2.75) is 50.9 Å². The first kappa shape index (κ1) is 13.5. The van der Waals surface area contributed by atoms with Crippen molar-refractivity contribution in [1.29, 1.82) is 0 Å². The summed E-state index contributed by atoms with van der Waals surface area (Å²) >= 11 is 0. The third kappa shape index (κ3) is 3.07. The van der Waals surface area contributed by atoms with E-state index < -0.39 is 5.79 Å². The minimum Gasteiger partial charge on any atom is -0.396 e. The highest BCUT2D eigenvalue weighted by Gasteiger charge is 2.35. The number of nitrogens with zero attached hydrogens (tertiary/aromatic N) is 1. The molecule has 0 aromatic carbocycles. The predicted octanol–water partition coefficient (Wildman–Crippen LogP) is 2.09. The van der Waals surface area contributed by atoms with E-state index in [1.165, 1.54) is 0 Å². The standard InChI is InChI=1S/C14H21NO3/c1-11-5-4-9-15-13(11)12(6-10-16)18-14(17)7-2-3-8-14/h4-5,9,12,16-17H,2-3,6-8,10H2,1H3. The van der Waals surface area contributed by atoms with Crippen molar-refractivity contribution >= 4 is 0 Å². The van der Waals surface area contributed by atoms with Crippen molar-refractivity contribution in [3.05, 3.63) is 29.6 Å². The van der Waals surface area contributed by atoms with Gasteiger partial charge in [-0.05, 0) is 31.4 Å². The number of pyridine rings is 1. The Hall–Kier alpha value is -0.970. The van der Waals surface area contributed by atoms with E-state index in [0.29, 0.717) is 19.3 Å². The molecule has 1 aromatic heterocycles. The molecule has 1 aliphatic rings. The predicted molar refractivity (Wildman–Crippen MR) is 67.9 cm³/mol. The molecule has 1 heterocycles. The van der Waals surface area contributed by atoms with Crippen LogP contribution in [-0.4, -0.2) is 27.6 Å². The van der Waals surface area contributed by atoms with Gasteiger partial charge in [-0.3, -0.25) is 4.98 Å². The molecule has 4 heteroatoms. The number of ether oxygens (including phenoxy) is 1. The van der Waals surface area contributed by atoms with E-state index in [1.807, 2.05) is 19.1 Å². The highest BCUT2D eigenvalue weighted by molar-refractivity contribution is 5.20. The number of rotatable bonds is 5. The Morgan fingerprint density at radius 2 is 2.17 bits per heavy atom. The molecule has 1 atom stereocenters. The summed E-state index contributed by atoms with van der Waals surface area (Å²) in [7, 11) is 0. The topological polar surface area (TPSA) is 62.6 Å². The van der Waals surface area contributed by atoms with Crippen molar-refractivity contribution in [3.8, 4) is 0 Å². The van der Waals surface area contributed by atoms with E-state index in [2.05, 4.69) is 4.98 Å². The molecule has 100 valence electrons. The van der Waals surface area contributed by atoms with Crippen LogP contribution in [0.1, 0.15) is 49.5 Å². The SMILES string of the molecule is Cc1cccnc1C(CCO)OC1(O)CCCC1. The van der Waals surface area contributed by atoms with Crippen LogP contribution in [0, 0.1) is 6.92 Å². The largest absolute Gasteiger partial charge is 0.396 e. The maximum Gasteiger partial charge on any atom is 0.166 e. The summed E-state index contributed by atoms with van der Waals surface area (Å²) in [5.41, 5.74) is 1.84. The van der Waals surface area contributed by atoms with E-state index in [-0.39, 0.29) is 12.7 Å². The van der Waals surface area contributed by atoms with Gasteiger partial charge in [0.2, 0.25) is 0 Å². The Morgan fingerprint density at radius 1 is 1.44 bits per heavy atom. The lowest BCUT2D eigenvalue weighted by molar-refractivity contribution is -0.230. The molecule has 0 aliphatic heterocycles. The number of aliphatic hydroxyl groups excluding tert-OH is 1. The molecule has 0 saturated heterocycles. The van der Waals surface area contributed by atoms with Crippen LogP contribution in [0.5, 0.6) is 0 Å². The molecule has 1 aromatic rings. The molecule has 1 saturated carbocycles. The molecule has 0 spiro atoms. The second kappa shape index (κ2) is 5.78. The molecule has 0 bridgehead atoms. The van der Waals surface area contributed by atoms with Gasteiger partial charge in [0.15, 0.2) is 5.79 Å². The minimum absolute atomic E-state index is 0.0246. The van der Waals surface area contributed by atoms with E-state index in [0.717, 1.165) is 24.1 Å². The van der Waals surface area contributed by atoms with Crippen molar-refractivity contribution in [2.24, 2.45) is 0 Å². The Kier molecular flexibility index (Phi) is 4.32. The molecular weight excluding hydrogens is 230 g/mol. The molecular formula is C14H21NO3. The smallest absolute Gasteiger partial charge is 0.166 e. The quantitative estimate of drug-likeness (QED) is 0.787. The molecule has 0 amide bonds. The maximum atomic E-state index is 10.3. The average Bonchev–Trinajstić information content (AvgIpc) is 2.76. The first-order chi connectivity index (χ1) is 8.64. The monoisotopic (exact) mass is 251 g/mol. The van der Waals surface area contributed by atoms with Gasteiger partial charge in [0.05, 0.1) is 5.69 Å². The summed E-state index contributed by atoms with van der Waals surface area (Å²) in [6.45, 7) is 1.99. The van der Waals surface area contributed by atoms with Crippen LogP contribution in [-0.2, 0) is 4.74 Å². The fraction of sp³-hybridized carbons (Fsp3) is 0.643. The number of aryl methyl sites for hydroxylation is 1. The van der Waals surface area contributed by atoms with E-state index in [9.17, 15) is 5.11 Å². The number of hydrogen-bond acceptors (Lipinski definition) is 4. The average molecular weight is 251 g/mol. The van der Waals surface area contributed by atoms with Gasteiger partial charge in [0, 0.05) is 32.1 Å². The number of hydrogen-bond donors (Lipinski definition) is 2. The zero-order chi connectivity index (χ0) is 13.0. The third-order valence-electron chi connectivity index (χ3n) is 3.49. The molecule has 2 rings (SSSR count). The lowest BCUT2D eigenvalue weighted by Crippen LogP contribution is -2.31. The van der Waals surface area contributed by atoms with Gasteiger partial charge < -0.3 is 14.9 Å². The first-order valence-corrected chi connectivity index (χ1v) is 6.57. The molecule has 2 N–H and O–H groups in total. The van der Waals surface area contributed by atoms with Crippen LogP contribution in [0.4, 0.5) is 0 Å². The van der Waals surface area contributed by atoms with Crippen LogP contribution in [0.2, 0.25) is 0 Å². The lowest BCUT2D eigenvalue weighted by Gasteiger charge is -2.29.